The first kappa shape index (κ1) is 12.9. The maximum Gasteiger partial charge on any atom is 0.221 e. The molecular formula is C14H20N2O2. The van der Waals surface area contributed by atoms with Crippen LogP contribution in [-0.2, 0) is 11.3 Å². The number of ether oxygens (including phenoxy) is 1. The van der Waals surface area contributed by atoms with Gasteiger partial charge in [0.1, 0.15) is 12.1 Å². The molecule has 0 bridgehead atoms. The first-order valence-electron chi connectivity index (χ1n) is 6.17. The summed E-state index contributed by atoms with van der Waals surface area (Å²) < 4.78 is 11.1. The number of rotatable bonds is 4. The van der Waals surface area contributed by atoms with Crippen molar-refractivity contribution in [1.29, 1.82) is 0 Å². The molecular weight excluding hydrogens is 228 g/mol. The Labute approximate surface area is 107 Å². The molecule has 2 N–H and O–H groups in total. The number of nitrogens with zero attached hydrogens (tertiary/aromatic N) is 1. The van der Waals surface area contributed by atoms with Crippen molar-refractivity contribution in [3.05, 3.63) is 24.1 Å². The summed E-state index contributed by atoms with van der Waals surface area (Å²) in [5.74, 6) is 0.580. The van der Waals surface area contributed by atoms with E-state index in [4.69, 9.17) is 14.9 Å². The smallest absolute Gasteiger partial charge is 0.221 e. The van der Waals surface area contributed by atoms with Gasteiger partial charge in [-0.1, -0.05) is 26.8 Å². The topological polar surface area (TPSA) is 61.3 Å². The largest absolute Gasteiger partial charge is 0.438 e. The van der Waals surface area contributed by atoms with E-state index in [1.54, 1.807) is 0 Å². The van der Waals surface area contributed by atoms with Gasteiger partial charge in [-0.05, 0) is 24.0 Å². The van der Waals surface area contributed by atoms with Crippen molar-refractivity contribution in [1.82, 2.24) is 4.98 Å². The molecule has 1 heterocycles. The molecule has 4 heteroatoms. The van der Waals surface area contributed by atoms with Crippen molar-refractivity contribution in [2.75, 3.05) is 12.3 Å². The van der Waals surface area contributed by atoms with Crippen molar-refractivity contribution in [2.24, 2.45) is 5.41 Å². The molecule has 2 rings (SSSR count). The van der Waals surface area contributed by atoms with E-state index in [9.17, 15) is 0 Å². The van der Waals surface area contributed by atoms with Crippen LogP contribution in [0.3, 0.4) is 0 Å². The Bertz CT molecular complexity index is 526. The molecule has 4 nitrogen and oxygen atoms in total. The fraction of sp³-hybridized carbons (Fsp3) is 0.500. The number of para-hydroxylation sites is 1. The second-order valence-corrected chi connectivity index (χ2v) is 5.66. The highest BCUT2D eigenvalue weighted by atomic mass is 16.5. The number of nitrogen functional groups attached to an aromatic ring is 1. The van der Waals surface area contributed by atoms with E-state index in [1.807, 2.05) is 18.2 Å². The summed E-state index contributed by atoms with van der Waals surface area (Å²) in [5, 5.41) is 0. The third kappa shape index (κ3) is 3.23. The molecule has 0 fully saturated rings. The van der Waals surface area contributed by atoms with Gasteiger partial charge in [0.15, 0.2) is 5.58 Å². The molecule has 0 saturated carbocycles. The third-order valence-electron chi connectivity index (χ3n) is 2.72. The van der Waals surface area contributed by atoms with Crippen LogP contribution in [0, 0.1) is 5.41 Å². The van der Waals surface area contributed by atoms with Crippen molar-refractivity contribution >= 4 is 16.8 Å². The van der Waals surface area contributed by atoms with Crippen LogP contribution in [0.25, 0.3) is 11.1 Å². The van der Waals surface area contributed by atoms with Gasteiger partial charge < -0.3 is 14.9 Å². The van der Waals surface area contributed by atoms with E-state index in [0.29, 0.717) is 35.9 Å². The average molecular weight is 248 g/mol. The Balaban J connectivity index is 1.94. The van der Waals surface area contributed by atoms with Crippen LogP contribution >= 0.6 is 0 Å². The van der Waals surface area contributed by atoms with Crippen LogP contribution in [0.5, 0.6) is 0 Å². The van der Waals surface area contributed by atoms with Crippen LogP contribution in [0.4, 0.5) is 5.69 Å². The second kappa shape index (κ2) is 4.98. The summed E-state index contributed by atoms with van der Waals surface area (Å²) in [5.41, 5.74) is 8.17. The molecule has 0 spiro atoms. The first-order chi connectivity index (χ1) is 8.46. The lowest BCUT2D eigenvalue weighted by Gasteiger charge is -2.17. The lowest BCUT2D eigenvalue weighted by atomic mass is 9.93. The van der Waals surface area contributed by atoms with Gasteiger partial charge in [-0.15, -0.1) is 0 Å². The predicted molar refractivity (Wildman–Crippen MR) is 72.1 cm³/mol. The van der Waals surface area contributed by atoms with E-state index in [2.05, 4.69) is 25.8 Å². The number of oxazole rings is 1. The van der Waals surface area contributed by atoms with Gasteiger partial charge >= 0.3 is 0 Å². The highest BCUT2D eigenvalue weighted by Gasteiger charge is 2.11. The van der Waals surface area contributed by atoms with Crippen LogP contribution in [-0.4, -0.2) is 11.6 Å². The Morgan fingerprint density at radius 3 is 2.78 bits per heavy atom. The van der Waals surface area contributed by atoms with Crippen LogP contribution in [0.15, 0.2) is 22.6 Å². The van der Waals surface area contributed by atoms with E-state index in [1.165, 1.54) is 0 Å². The summed E-state index contributed by atoms with van der Waals surface area (Å²) in [7, 11) is 0. The normalized spacial score (nSPS) is 12.2. The number of hydrogen-bond acceptors (Lipinski definition) is 4. The maximum absolute atomic E-state index is 5.82. The standard InChI is InChI=1S/C14H20N2O2/c1-14(2,3)7-8-17-9-12-16-13-10(15)5-4-6-11(13)18-12/h4-6H,7-9,15H2,1-3H3. The Hall–Kier alpha value is -1.55. The van der Waals surface area contributed by atoms with Crippen LogP contribution in [0.1, 0.15) is 33.1 Å². The molecule has 0 unspecified atom stereocenters. The minimum Gasteiger partial charge on any atom is -0.438 e. The van der Waals surface area contributed by atoms with Crippen LogP contribution < -0.4 is 5.73 Å². The number of hydrogen-bond donors (Lipinski definition) is 1. The van der Waals surface area contributed by atoms with E-state index < -0.39 is 0 Å². The molecule has 0 atom stereocenters. The van der Waals surface area contributed by atoms with Gasteiger partial charge in [0.2, 0.25) is 5.89 Å². The molecule has 2 aromatic rings. The third-order valence-corrected chi connectivity index (χ3v) is 2.72. The van der Waals surface area contributed by atoms with Gasteiger partial charge in [-0.25, -0.2) is 4.98 Å². The summed E-state index contributed by atoms with van der Waals surface area (Å²) in [6.45, 7) is 7.67. The average Bonchev–Trinajstić information content (AvgIpc) is 2.68. The van der Waals surface area contributed by atoms with E-state index >= 15 is 0 Å². The molecule has 0 aliphatic heterocycles. The predicted octanol–water partition coefficient (Wildman–Crippen LogP) is 3.36. The zero-order valence-electron chi connectivity index (χ0n) is 11.2. The molecule has 0 radical (unpaired) electrons. The zero-order valence-corrected chi connectivity index (χ0v) is 11.2. The van der Waals surface area contributed by atoms with Crippen molar-refractivity contribution < 1.29 is 9.15 Å². The molecule has 98 valence electrons. The Morgan fingerprint density at radius 1 is 1.33 bits per heavy atom. The molecule has 0 saturated heterocycles. The Morgan fingerprint density at radius 2 is 2.11 bits per heavy atom. The highest BCUT2D eigenvalue weighted by Crippen LogP contribution is 2.22. The molecule has 18 heavy (non-hydrogen) atoms. The molecule has 0 aliphatic carbocycles. The number of nitrogens with two attached hydrogens (primary N) is 1. The first-order valence-corrected chi connectivity index (χ1v) is 6.17. The van der Waals surface area contributed by atoms with Gasteiger partial charge in [0.25, 0.3) is 0 Å². The summed E-state index contributed by atoms with van der Waals surface area (Å²) in [6, 6.07) is 5.53. The molecule has 1 aromatic heterocycles. The monoisotopic (exact) mass is 248 g/mol. The second-order valence-electron chi connectivity index (χ2n) is 5.66. The lowest BCUT2D eigenvalue weighted by Crippen LogP contribution is -2.09. The van der Waals surface area contributed by atoms with Gasteiger partial charge in [0.05, 0.1) is 5.69 Å². The zero-order chi connectivity index (χ0) is 13.2. The molecule has 0 amide bonds. The fourth-order valence-corrected chi connectivity index (χ4v) is 1.62. The summed E-state index contributed by atoms with van der Waals surface area (Å²) in [4.78, 5) is 4.33. The minimum absolute atomic E-state index is 0.283. The number of aromatic nitrogens is 1. The quantitative estimate of drug-likeness (QED) is 0.665. The van der Waals surface area contributed by atoms with Crippen molar-refractivity contribution in [3.63, 3.8) is 0 Å². The van der Waals surface area contributed by atoms with Crippen molar-refractivity contribution in [2.45, 2.75) is 33.8 Å². The summed E-state index contributed by atoms with van der Waals surface area (Å²) in [6.07, 6.45) is 1.01. The maximum atomic E-state index is 5.82. The highest BCUT2D eigenvalue weighted by molar-refractivity contribution is 5.85. The summed E-state index contributed by atoms with van der Waals surface area (Å²) >= 11 is 0. The number of fused-ring (bicyclic) bond motifs is 1. The lowest BCUT2D eigenvalue weighted by molar-refractivity contribution is 0.0824. The SMILES string of the molecule is CC(C)(C)CCOCc1nc2c(N)cccc2o1. The van der Waals surface area contributed by atoms with Crippen LogP contribution in [0.2, 0.25) is 0 Å². The van der Waals surface area contributed by atoms with E-state index in [-0.39, 0.29) is 5.41 Å². The molecule has 0 aliphatic rings. The van der Waals surface area contributed by atoms with Gasteiger partial charge in [-0.2, -0.15) is 0 Å². The molecule has 1 aromatic carbocycles. The number of anilines is 1. The Kier molecular flexibility index (Phi) is 3.57. The van der Waals surface area contributed by atoms with Gasteiger partial charge in [-0.3, -0.25) is 0 Å². The fourth-order valence-electron chi connectivity index (χ4n) is 1.62. The minimum atomic E-state index is 0.283. The number of benzene rings is 1. The van der Waals surface area contributed by atoms with E-state index in [0.717, 1.165) is 6.42 Å². The van der Waals surface area contributed by atoms with Gasteiger partial charge in [0, 0.05) is 6.61 Å². The van der Waals surface area contributed by atoms with Crippen molar-refractivity contribution in [3.8, 4) is 0 Å².